The Balaban J connectivity index is 1.58. The van der Waals surface area contributed by atoms with Gasteiger partial charge in [-0.1, -0.05) is 55.8 Å². The van der Waals surface area contributed by atoms with Gasteiger partial charge in [-0.2, -0.15) is 14.3 Å². The van der Waals surface area contributed by atoms with Crippen LogP contribution in [0.4, 0.5) is 5.95 Å². The summed E-state index contributed by atoms with van der Waals surface area (Å²) in [5.74, 6) is -0.00774. The Morgan fingerprint density at radius 3 is 2.45 bits per heavy atom. The van der Waals surface area contributed by atoms with Crippen molar-refractivity contribution in [1.29, 1.82) is 0 Å². The highest BCUT2D eigenvalue weighted by Gasteiger charge is 2.31. The smallest absolute Gasteiger partial charge is 0.243 e. The fourth-order valence-electron chi connectivity index (χ4n) is 4.51. The van der Waals surface area contributed by atoms with Crippen molar-refractivity contribution in [2.24, 2.45) is 5.92 Å². The molecule has 224 valence electrons. The van der Waals surface area contributed by atoms with E-state index in [1.807, 2.05) is 44.2 Å². The summed E-state index contributed by atoms with van der Waals surface area (Å²) in [5, 5.41) is 14.4. The van der Waals surface area contributed by atoms with Crippen molar-refractivity contribution in [1.82, 2.24) is 29.1 Å². The van der Waals surface area contributed by atoms with Gasteiger partial charge in [0.2, 0.25) is 21.9 Å². The Morgan fingerprint density at radius 2 is 1.81 bits per heavy atom. The van der Waals surface area contributed by atoms with Crippen LogP contribution in [0, 0.1) is 5.92 Å². The number of rotatable bonds is 13. The van der Waals surface area contributed by atoms with Crippen molar-refractivity contribution >= 4 is 44.6 Å². The number of nitrogens with zero attached hydrogens (tertiary/aromatic N) is 5. The quantitative estimate of drug-likeness (QED) is 0.192. The van der Waals surface area contributed by atoms with Crippen LogP contribution in [0.15, 0.2) is 65.8 Å². The van der Waals surface area contributed by atoms with Crippen LogP contribution in [0.1, 0.15) is 19.4 Å². The Morgan fingerprint density at radius 1 is 1.12 bits per heavy atom. The van der Waals surface area contributed by atoms with Crippen molar-refractivity contribution in [2.45, 2.75) is 43.9 Å². The summed E-state index contributed by atoms with van der Waals surface area (Å²) in [5.41, 5.74) is 7.17. The van der Waals surface area contributed by atoms with Gasteiger partial charge in [-0.3, -0.25) is 4.79 Å². The lowest BCUT2D eigenvalue weighted by molar-refractivity contribution is -0.123. The summed E-state index contributed by atoms with van der Waals surface area (Å²) in [6.07, 6.45) is 0.420. The lowest BCUT2D eigenvalue weighted by atomic mass is 10.0. The maximum atomic E-state index is 13.6. The lowest BCUT2D eigenvalue weighted by Crippen LogP contribution is -2.51. The molecule has 12 nitrogen and oxygen atoms in total. The number of ether oxygens (including phenoxy) is 1. The van der Waals surface area contributed by atoms with Gasteiger partial charge in [0.25, 0.3) is 0 Å². The summed E-state index contributed by atoms with van der Waals surface area (Å²) < 4.78 is 35.2. The highest BCUT2D eigenvalue weighted by Crippen LogP contribution is 2.22. The second kappa shape index (κ2) is 13.5. The van der Waals surface area contributed by atoms with Crippen LogP contribution in [0.3, 0.4) is 0 Å². The van der Waals surface area contributed by atoms with Crippen LogP contribution in [0.2, 0.25) is 5.15 Å². The second-order valence-electron chi connectivity index (χ2n) is 10.2. The number of carbonyl (C=O) groups excluding carboxylic acids is 1. The number of aliphatic hydroxyl groups excluding tert-OH is 1. The molecule has 4 rings (SSSR count). The number of carbonyl (C=O) groups is 1. The highest BCUT2D eigenvalue weighted by molar-refractivity contribution is 7.89. The average Bonchev–Trinajstić information content (AvgIpc) is 3.35. The number of halogens is 1. The molecule has 2 aromatic carbocycles. The van der Waals surface area contributed by atoms with E-state index in [0.29, 0.717) is 11.3 Å². The average molecular weight is 616 g/mol. The summed E-state index contributed by atoms with van der Waals surface area (Å²) in [6, 6.07) is 14.6. The molecular formula is C28H34ClN7O5S. The van der Waals surface area contributed by atoms with Crippen molar-refractivity contribution in [3.63, 3.8) is 0 Å². The molecule has 4 N–H and O–H groups in total. The molecule has 0 radical (unpaired) electrons. The number of hydrogen-bond donors (Lipinski definition) is 3. The molecule has 2 aromatic heterocycles. The molecule has 0 saturated carbocycles. The Hall–Kier alpha value is -3.78. The number of anilines is 1. The Bertz CT molecular complexity index is 1620. The van der Waals surface area contributed by atoms with E-state index < -0.39 is 28.1 Å². The summed E-state index contributed by atoms with van der Waals surface area (Å²) in [7, 11) is -2.47. The number of nitrogens with two attached hydrogens (primary N) is 1. The molecule has 0 saturated heterocycles. The molecule has 4 aromatic rings. The number of nitrogen functional groups attached to an aromatic ring is 1. The van der Waals surface area contributed by atoms with E-state index in [4.69, 9.17) is 22.1 Å². The Labute approximate surface area is 249 Å². The van der Waals surface area contributed by atoms with Crippen LogP contribution < -0.4 is 15.8 Å². The molecule has 0 bridgehead atoms. The molecule has 0 fully saturated rings. The van der Waals surface area contributed by atoms with Gasteiger partial charge in [0, 0.05) is 13.1 Å². The molecule has 42 heavy (non-hydrogen) atoms. The van der Waals surface area contributed by atoms with Crippen LogP contribution in [0.5, 0.6) is 5.75 Å². The van der Waals surface area contributed by atoms with Gasteiger partial charge in [-0.25, -0.2) is 13.4 Å². The predicted octanol–water partition coefficient (Wildman–Crippen LogP) is 2.51. The Kier molecular flexibility index (Phi) is 9.99. The third-order valence-corrected chi connectivity index (χ3v) is 8.63. The largest absolute Gasteiger partial charge is 0.497 e. The third kappa shape index (κ3) is 7.53. The number of hydrogen-bond acceptors (Lipinski definition) is 9. The fourth-order valence-corrected chi connectivity index (χ4v) is 6.35. The first-order chi connectivity index (χ1) is 20.0. The molecular weight excluding hydrogens is 582 g/mol. The maximum Gasteiger partial charge on any atom is 0.243 e. The minimum absolute atomic E-state index is 0.0249. The van der Waals surface area contributed by atoms with Gasteiger partial charge in [-0.05, 0) is 42.2 Å². The number of methoxy groups -OCH3 is 1. The van der Waals surface area contributed by atoms with Crippen molar-refractivity contribution in [3.05, 3.63) is 71.6 Å². The van der Waals surface area contributed by atoms with Crippen LogP contribution in [-0.2, 0) is 27.8 Å². The first kappa shape index (κ1) is 31.2. The van der Waals surface area contributed by atoms with E-state index in [2.05, 4.69) is 20.3 Å². The van der Waals surface area contributed by atoms with Crippen molar-refractivity contribution in [2.75, 3.05) is 25.9 Å². The van der Waals surface area contributed by atoms with Crippen molar-refractivity contribution in [3.8, 4) is 5.75 Å². The summed E-state index contributed by atoms with van der Waals surface area (Å²) in [4.78, 5) is 25.5. The summed E-state index contributed by atoms with van der Waals surface area (Å²) in [6.45, 7) is 3.52. The first-order valence-corrected chi connectivity index (χ1v) is 15.1. The summed E-state index contributed by atoms with van der Waals surface area (Å²) >= 11 is 6.11. The number of benzene rings is 2. The van der Waals surface area contributed by atoms with Gasteiger partial charge in [-0.15, -0.1) is 0 Å². The second-order valence-corrected chi connectivity index (χ2v) is 12.5. The van der Waals surface area contributed by atoms with E-state index in [9.17, 15) is 18.3 Å². The van der Waals surface area contributed by atoms with E-state index in [-0.39, 0.29) is 53.6 Å². The molecule has 0 aliphatic rings. The number of imidazole rings is 1. The molecule has 0 unspecified atom stereocenters. The number of nitrogens with one attached hydrogen (secondary N) is 1. The normalized spacial score (nSPS) is 13.4. The number of aliphatic hydroxyl groups is 1. The first-order valence-electron chi connectivity index (χ1n) is 13.3. The minimum atomic E-state index is -3.97. The topological polar surface area (TPSA) is 166 Å². The molecule has 2 atom stereocenters. The van der Waals surface area contributed by atoms with Crippen LogP contribution in [-0.4, -0.2) is 75.6 Å². The van der Waals surface area contributed by atoms with Crippen LogP contribution in [0.25, 0.3) is 11.2 Å². The zero-order valence-corrected chi connectivity index (χ0v) is 25.1. The third-order valence-electron chi connectivity index (χ3n) is 6.52. The SMILES string of the molecule is COc1ccc(S(=O)(=O)N(CC(C)C)C[C@@H](O)[C@H](Cc2ccccc2)NC(=O)Cn2cnc3c(Cl)nc(N)nc32)cc1. The predicted molar refractivity (Wildman–Crippen MR) is 159 cm³/mol. The monoisotopic (exact) mass is 615 g/mol. The minimum Gasteiger partial charge on any atom is -0.497 e. The van der Waals surface area contributed by atoms with E-state index in [1.54, 1.807) is 12.1 Å². The zero-order valence-electron chi connectivity index (χ0n) is 23.5. The standard InChI is InChI=1S/C28H34ClN7O5S/c1-18(2)14-36(42(39,40)21-11-9-20(41-3)10-12-21)15-23(37)22(13-19-7-5-4-6-8-19)32-24(38)16-35-17-31-25-26(29)33-28(30)34-27(25)35/h4-12,17-18,22-23,37H,13-16H2,1-3H3,(H,32,38)(H2,30,33,34)/t22-,23+/m0/s1. The van der Waals surface area contributed by atoms with Gasteiger partial charge in [0.15, 0.2) is 10.8 Å². The van der Waals surface area contributed by atoms with Crippen LogP contribution >= 0.6 is 11.6 Å². The fraction of sp³-hybridized carbons (Fsp3) is 0.357. The number of amides is 1. The highest BCUT2D eigenvalue weighted by atomic mass is 35.5. The van der Waals surface area contributed by atoms with Gasteiger partial charge < -0.3 is 25.5 Å². The number of sulfonamides is 1. The van der Waals surface area contributed by atoms with Crippen molar-refractivity contribution < 1.29 is 23.1 Å². The van der Waals surface area contributed by atoms with Gasteiger partial charge in [0.1, 0.15) is 17.8 Å². The number of aromatic nitrogens is 4. The molecule has 0 aliphatic carbocycles. The molecule has 0 spiro atoms. The van der Waals surface area contributed by atoms with E-state index in [1.165, 1.54) is 34.4 Å². The number of fused-ring (bicyclic) bond motifs is 1. The zero-order chi connectivity index (χ0) is 30.4. The van der Waals surface area contributed by atoms with Gasteiger partial charge in [0.05, 0.1) is 30.5 Å². The van der Waals surface area contributed by atoms with E-state index >= 15 is 0 Å². The maximum absolute atomic E-state index is 13.6. The lowest BCUT2D eigenvalue weighted by Gasteiger charge is -2.31. The molecule has 1 amide bonds. The molecule has 2 heterocycles. The van der Waals surface area contributed by atoms with Gasteiger partial charge >= 0.3 is 0 Å². The molecule has 14 heteroatoms. The molecule has 0 aliphatic heterocycles. The van der Waals surface area contributed by atoms with E-state index in [0.717, 1.165) is 5.56 Å².